The van der Waals surface area contributed by atoms with Crippen molar-refractivity contribution in [3.63, 3.8) is 0 Å². The van der Waals surface area contributed by atoms with Gasteiger partial charge in [0, 0.05) is 11.8 Å². The highest BCUT2D eigenvalue weighted by molar-refractivity contribution is 5.89. The summed E-state index contributed by atoms with van der Waals surface area (Å²) in [6.45, 7) is -0.00838. The smallest absolute Gasteiger partial charge is 0.338 e. The fraction of sp³-hybridized carbons (Fsp3) is 0.417. The Bertz CT molecular complexity index is 458. The molecule has 1 atom stereocenters. The Morgan fingerprint density at radius 1 is 1.42 bits per heavy atom. The molecule has 0 fully saturated rings. The summed E-state index contributed by atoms with van der Waals surface area (Å²) >= 11 is 0. The normalized spacial score (nSPS) is 13.4. The van der Waals surface area contributed by atoms with Gasteiger partial charge in [-0.25, -0.2) is 4.79 Å². The first-order chi connectivity index (χ1) is 8.92. The molecule has 0 aliphatic heterocycles. The molecule has 0 bridgehead atoms. The minimum atomic E-state index is -1.69. The molecule has 0 saturated carbocycles. The molecule has 1 N–H and O–H groups in total. The van der Waals surface area contributed by atoms with Crippen molar-refractivity contribution >= 4 is 5.97 Å². The Balaban J connectivity index is 2.66. The molecule has 0 saturated heterocycles. The Kier molecular flexibility index (Phi) is 4.82. The van der Waals surface area contributed by atoms with E-state index in [0.29, 0.717) is 5.75 Å². The topological polar surface area (TPSA) is 98.9 Å². The second-order valence-corrected chi connectivity index (χ2v) is 4.22. The minimum Gasteiger partial charge on any atom is -0.497 e. The lowest BCUT2D eigenvalue weighted by Gasteiger charge is -2.17. The zero-order valence-electron chi connectivity index (χ0n) is 10.7. The summed E-state index contributed by atoms with van der Waals surface area (Å²) in [6, 6.07) is 6.14. The minimum absolute atomic E-state index is 0.254. The third-order valence-electron chi connectivity index (χ3n) is 2.62. The van der Waals surface area contributed by atoms with E-state index in [4.69, 9.17) is 14.6 Å². The number of benzene rings is 1. The Labute approximate surface area is 109 Å². The average Bonchev–Trinajstić information content (AvgIpc) is 2.44. The van der Waals surface area contributed by atoms with Crippen LogP contribution >= 0.6 is 0 Å². The van der Waals surface area contributed by atoms with Crippen molar-refractivity contribution in [1.29, 1.82) is 0 Å². The summed E-state index contributed by atoms with van der Waals surface area (Å²) < 4.78 is 9.78. The predicted octanol–water partition coefficient (Wildman–Crippen LogP) is 0.880. The zero-order chi connectivity index (χ0) is 14.5. The lowest BCUT2D eigenvalue weighted by molar-refractivity contribution is -0.571. The van der Waals surface area contributed by atoms with E-state index in [1.165, 1.54) is 26.2 Å². The molecule has 0 unspecified atom stereocenters. The van der Waals surface area contributed by atoms with E-state index in [1.807, 2.05) is 0 Å². The van der Waals surface area contributed by atoms with E-state index in [0.717, 1.165) is 0 Å². The molecule has 0 radical (unpaired) electrons. The SMILES string of the molecule is COc1ccc(C(=O)OC[C@@](C)(CO)[N+](=O)[O-])cc1. The van der Waals surface area contributed by atoms with Gasteiger partial charge in [0.05, 0.1) is 12.7 Å². The largest absolute Gasteiger partial charge is 0.497 e. The van der Waals surface area contributed by atoms with E-state index in [9.17, 15) is 14.9 Å². The van der Waals surface area contributed by atoms with Gasteiger partial charge in [0.25, 0.3) is 5.54 Å². The Morgan fingerprint density at radius 2 is 2.00 bits per heavy atom. The summed E-state index contributed by atoms with van der Waals surface area (Å²) in [5.41, 5.74) is -1.44. The number of ether oxygens (including phenoxy) is 2. The maximum Gasteiger partial charge on any atom is 0.338 e. The second-order valence-electron chi connectivity index (χ2n) is 4.22. The maximum atomic E-state index is 11.7. The first kappa shape index (κ1) is 14.9. The van der Waals surface area contributed by atoms with E-state index in [2.05, 4.69) is 0 Å². The van der Waals surface area contributed by atoms with Crippen LogP contribution in [0.1, 0.15) is 17.3 Å². The molecular weight excluding hydrogens is 254 g/mol. The molecule has 7 nitrogen and oxygen atoms in total. The van der Waals surface area contributed by atoms with Gasteiger partial charge >= 0.3 is 5.97 Å². The first-order valence-corrected chi connectivity index (χ1v) is 5.49. The molecule has 1 aromatic carbocycles. The van der Waals surface area contributed by atoms with Crippen LogP contribution in [0.3, 0.4) is 0 Å². The second kappa shape index (κ2) is 6.14. The predicted molar refractivity (Wildman–Crippen MR) is 65.8 cm³/mol. The van der Waals surface area contributed by atoms with Crippen LogP contribution in [0.2, 0.25) is 0 Å². The maximum absolute atomic E-state index is 11.7. The van der Waals surface area contributed by atoms with Gasteiger partial charge in [0.15, 0.2) is 6.61 Å². The molecule has 0 spiro atoms. The van der Waals surface area contributed by atoms with Crippen LogP contribution in [-0.4, -0.2) is 41.9 Å². The molecule has 1 rings (SSSR count). The van der Waals surface area contributed by atoms with Gasteiger partial charge in [-0.15, -0.1) is 0 Å². The number of nitro groups is 1. The van der Waals surface area contributed by atoms with Crippen LogP contribution < -0.4 is 4.74 Å². The van der Waals surface area contributed by atoms with Crippen molar-refractivity contribution in [3.05, 3.63) is 39.9 Å². The summed E-state index contributed by atoms with van der Waals surface area (Å²) in [5, 5.41) is 19.7. The molecule has 7 heteroatoms. The van der Waals surface area contributed by atoms with Crippen LogP contribution in [0.15, 0.2) is 24.3 Å². The van der Waals surface area contributed by atoms with Crippen molar-refractivity contribution < 1.29 is 24.3 Å². The first-order valence-electron chi connectivity index (χ1n) is 5.49. The fourth-order valence-electron chi connectivity index (χ4n) is 1.19. The van der Waals surface area contributed by atoms with Crippen LogP contribution in [-0.2, 0) is 4.74 Å². The van der Waals surface area contributed by atoms with Gasteiger partial charge in [-0.05, 0) is 24.3 Å². The number of aliphatic hydroxyl groups is 1. The molecular formula is C12H15NO6. The number of hydrogen-bond donors (Lipinski definition) is 1. The van der Waals surface area contributed by atoms with Crippen molar-refractivity contribution in [1.82, 2.24) is 0 Å². The Hall–Kier alpha value is -2.15. The van der Waals surface area contributed by atoms with Crippen molar-refractivity contribution in [3.8, 4) is 5.75 Å². The van der Waals surface area contributed by atoms with Crippen LogP contribution in [0, 0.1) is 10.1 Å². The summed E-state index contributed by atoms with van der Waals surface area (Å²) in [7, 11) is 1.50. The molecule has 1 aromatic rings. The standard InChI is InChI=1S/C12H15NO6/c1-12(7-14,13(16)17)8-19-11(15)9-3-5-10(18-2)6-4-9/h3-6,14H,7-8H2,1-2H3/t12-/m1/s1. The number of hydrogen-bond acceptors (Lipinski definition) is 6. The van der Waals surface area contributed by atoms with Gasteiger partial charge < -0.3 is 14.6 Å². The summed E-state index contributed by atoms with van der Waals surface area (Å²) in [4.78, 5) is 21.7. The molecule has 0 aliphatic carbocycles. The van der Waals surface area contributed by atoms with Gasteiger partial charge in [-0.3, -0.25) is 10.1 Å². The number of carbonyl (C=O) groups is 1. The van der Waals surface area contributed by atoms with Crippen molar-refractivity contribution in [2.75, 3.05) is 20.3 Å². The summed E-state index contributed by atoms with van der Waals surface area (Å²) in [5.74, 6) is -0.105. The fourth-order valence-corrected chi connectivity index (χ4v) is 1.19. The summed E-state index contributed by atoms with van der Waals surface area (Å²) in [6.07, 6.45) is 0. The van der Waals surface area contributed by atoms with E-state index >= 15 is 0 Å². The highest BCUT2D eigenvalue weighted by atomic mass is 16.6. The van der Waals surface area contributed by atoms with Gasteiger partial charge in [0.1, 0.15) is 12.4 Å². The number of rotatable bonds is 6. The molecule has 104 valence electrons. The van der Waals surface area contributed by atoms with Crippen molar-refractivity contribution in [2.45, 2.75) is 12.5 Å². The number of methoxy groups -OCH3 is 1. The van der Waals surface area contributed by atoms with Gasteiger partial charge in [0.2, 0.25) is 0 Å². The highest BCUT2D eigenvalue weighted by Crippen LogP contribution is 2.14. The lowest BCUT2D eigenvalue weighted by atomic mass is 10.1. The molecule has 0 heterocycles. The van der Waals surface area contributed by atoms with E-state index in [-0.39, 0.29) is 5.56 Å². The molecule has 0 aromatic heterocycles. The van der Waals surface area contributed by atoms with Gasteiger partial charge in [-0.1, -0.05) is 0 Å². The van der Waals surface area contributed by atoms with E-state index in [1.54, 1.807) is 12.1 Å². The van der Waals surface area contributed by atoms with Crippen LogP contribution in [0.4, 0.5) is 0 Å². The van der Waals surface area contributed by atoms with Crippen LogP contribution in [0.5, 0.6) is 5.75 Å². The third kappa shape index (κ3) is 3.65. The Morgan fingerprint density at radius 3 is 2.42 bits per heavy atom. The number of aliphatic hydroxyl groups excluding tert-OH is 1. The van der Waals surface area contributed by atoms with Gasteiger partial charge in [-0.2, -0.15) is 0 Å². The number of carbonyl (C=O) groups excluding carboxylic acids is 1. The third-order valence-corrected chi connectivity index (χ3v) is 2.62. The molecule has 19 heavy (non-hydrogen) atoms. The molecule has 0 amide bonds. The average molecular weight is 269 g/mol. The van der Waals surface area contributed by atoms with Crippen LogP contribution in [0.25, 0.3) is 0 Å². The lowest BCUT2D eigenvalue weighted by Crippen LogP contribution is -2.44. The monoisotopic (exact) mass is 269 g/mol. The molecule has 0 aliphatic rings. The number of nitrogens with zero attached hydrogens (tertiary/aromatic N) is 1. The quantitative estimate of drug-likeness (QED) is 0.467. The van der Waals surface area contributed by atoms with E-state index < -0.39 is 29.6 Å². The number of esters is 1. The zero-order valence-corrected chi connectivity index (χ0v) is 10.7. The highest BCUT2D eigenvalue weighted by Gasteiger charge is 2.38. The van der Waals surface area contributed by atoms with Crippen molar-refractivity contribution in [2.24, 2.45) is 0 Å².